The van der Waals surface area contributed by atoms with Gasteiger partial charge in [0.1, 0.15) is 5.54 Å². The van der Waals surface area contributed by atoms with Crippen LogP contribution < -0.4 is 9.62 Å². The SMILES string of the molecule is C[C@]1(c2ccc(C#N)cc2)NC(=O)N(CC(=O)c2ccc3c(c2)CCN3S(C)(=O)=O)C1=O. The number of hydrogen-bond donors (Lipinski definition) is 1. The minimum Gasteiger partial charge on any atom is -0.319 e. The summed E-state index contributed by atoms with van der Waals surface area (Å²) in [4.78, 5) is 39.3. The highest BCUT2D eigenvalue weighted by Crippen LogP contribution is 2.32. The number of anilines is 1. The van der Waals surface area contributed by atoms with E-state index in [0.29, 0.717) is 35.3 Å². The minimum absolute atomic E-state index is 0.298. The molecule has 2 aromatic carbocycles. The highest BCUT2D eigenvalue weighted by atomic mass is 32.2. The van der Waals surface area contributed by atoms with Crippen molar-refractivity contribution in [1.29, 1.82) is 5.26 Å². The number of nitriles is 1. The van der Waals surface area contributed by atoms with Crippen molar-refractivity contribution in [1.82, 2.24) is 10.2 Å². The zero-order valence-corrected chi connectivity index (χ0v) is 18.3. The van der Waals surface area contributed by atoms with Crippen LogP contribution in [-0.4, -0.2) is 50.4 Å². The van der Waals surface area contributed by atoms with Crippen LogP contribution in [0.15, 0.2) is 42.5 Å². The van der Waals surface area contributed by atoms with Gasteiger partial charge in [-0.1, -0.05) is 12.1 Å². The van der Waals surface area contributed by atoms with Gasteiger partial charge in [0.25, 0.3) is 5.91 Å². The van der Waals surface area contributed by atoms with Crippen LogP contribution in [0.1, 0.15) is 34.0 Å². The van der Waals surface area contributed by atoms with Crippen molar-refractivity contribution in [2.45, 2.75) is 18.9 Å². The highest BCUT2D eigenvalue weighted by Gasteiger charge is 2.49. The molecule has 9 nitrogen and oxygen atoms in total. The highest BCUT2D eigenvalue weighted by molar-refractivity contribution is 7.92. The number of rotatable bonds is 5. The van der Waals surface area contributed by atoms with E-state index in [1.807, 2.05) is 6.07 Å². The molecule has 1 N–H and O–H groups in total. The smallest absolute Gasteiger partial charge is 0.319 e. The standard InChI is InChI=1S/C22H20N4O5S/c1-22(17-6-3-14(12-23)4-7-17)20(28)25(21(29)24-22)13-19(27)16-5-8-18-15(11-16)9-10-26(18)32(2,30)31/h3-8,11H,9-10,13H2,1-2H3,(H,24,29)/t22-/m1/s1. The van der Waals surface area contributed by atoms with Crippen LogP contribution in [0.2, 0.25) is 0 Å². The van der Waals surface area contributed by atoms with Gasteiger partial charge in [-0.05, 0) is 54.8 Å². The average molecular weight is 452 g/mol. The fourth-order valence-electron chi connectivity index (χ4n) is 4.04. The molecule has 0 aromatic heterocycles. The molecular formula is C22H20N4O5S. The zero-order chi connectivity index (χ0) is 23.3. The third-order valence-electron chi connectivity index (χ3n) is 5.82. The topological polar surface area (TPSA) is 128 Å². The Morgan fingerprint density at radius 1 is 1.19 bits per heavy atom. The van der Waals surface area contributed by atoms with Crippen molar-refractivity contribution in [2.24, 2.45) is 0 Å². The number of carbonyl (C=O) groups is 3. The number of carbonyl (C=O) groups excluding carboxylic acids is 3. The lowest BCUT2D eigenvalue weighted by atomic mass is 9.91. The largest absolute Gasteiger partial charge is 0.325 e. The molecule has 32 heavy (non-hydrogen) atoms. The molecule has 0 radical (unpaired) electrons. The monoisotopic (exact) mass is 452 g/mol. The second-order valence-electron chi connectivity index (χ2n) is 7.99. The molecule has 0 unspecified atom stereocenters. The van der Waals surface area contributed by atoms with Gasteiger partial charge in [0.15, 0.2) is 5.78 Å². The molecule has 0 saturated carbocycles. The van der Waals surface area contributed by atoms with E-state index in [4.69, 9.17) is 5.26 Å². The Morgan fingerprint density at radius 2 is 1.88 bits per heavy atom. The molecule has 2 aliphatic heterocycles. The van der Waals surface area contributed by atoms with Gasteiger partial charge in [-0.15, -0.1) is 0 Å². The normalized spacial score (nSPS) is 20.2. The molecule has 10 heteroatoms. The fourth-order valence-corrected chi connectivity index (χ4v) is 5.00. The van der Waals surface area contributed by atoms with Gasteiger partial charge in [-0.2, -0.15) is 5.26 Å². The second-order valence-corrected chi connectivity index (χ2v) is 9.89. The molecule has 0 bridgehead atoms. The zero-order valence-electron chi connectivity index (χ0n) is 17.5. The molecule has 1 fully saturated rings. The quantitative estimate of drug-likeness (QED) is 0.541. The predicted molar refractivity (Wildman–Crippen MR) is 115 cm³/mol. The van der Waals surface area contributed by atoms with Gasteiger partial charge in [0, 0.05) is 12.1 Å². The predicted octanol–water partition coefficient (Wildman–Crippen LogP) is 1.53. The molecule has 2 aromatic rings. The number of hydrogen-bond acceptors (Lipinski definition) is 6. The summed E-state index contributed by atoms with van der Waals surface area (Å²) in [5, 5.41) is 11.6. The maximum absolute atomic E-state index is 13.1. The average Bonchev–Trinajstić information content (AvgIpc) is 3.28. The van der Waals surface area contributed by atoms with E-state index < -0.39 is 39.8 Å². The maximum atomic E-state index is 13.1. The molecule has 1 atom stereocenters. The van der Waals surface area contributed by atoms with Crippen molar-refractivity contribution in [3.63, 3.8) is 0 Å². The van der Waals surface area contributed by atoms with Gasteiger partial charge < -0.3 is 5.32 Å². The van der Waals surface area contributed by atoms with Crippen LogP contribution in [0.4, 0.5) is 10.5 Å². The lowest BCUT2D eigenvalue weighted by Crippen LogP contribution is -2.41. The van der Waals surface area contributed by atoms with E-state index in [-0.39, 0.29) is 0 Å². The number of imide groups is 1. The second kappa shape index (κ2) is 7.46. The molecule has 0 spiro atoms. The first-order valence-electron chi connectivity index (χ1n) is 9.83. The van der Waals surface area contributed by atoms with Crippen LogP contribution in [0.25, 0.3) is 0 Å². The Kier molecular flexibility index (Phi) is 5.02. The van der Waals surface area contributed by atoms with Crippen LogP contribution >= 0.6 is 0 Å². The Labute approximate surface area is 185 Å². The lowest BCUT2D eigenvalue weighted by Gasteiger charge is -2.22. The van der Waals surface area contributed by atoms with Gasteiger partial charge in [-0.3, -0.25) is 18.8 Å². The van der Waals surface area contributed by atoms with Crippen molar-refractivity contribution in [3.05, 3.63) is 64.7 Å². The molecule has 0 aliphatic carbocycles. The van der Waals surface area contributed by atoms with Crippen LogP contribution in [0.5, 0.6) is 0 Å². The minimum atomic E-state index is -3.40. The van der Waals surface area contributed by atoms with Crippen LogP contribution in [0.3, 0.4) is 0 Å². The summed E-state index contributed by atoms with van der Waals surface area (Å²) < 4.78 is 25.1. The number of Topliss-reactive ketones (excluding diaryl/α,β-unsaturated/α-hetero) is 1. The summed E-state index contributed by atoms with van der Waals surface area (Å²) in [5.74, 6) is -0.997. The molecule has 1 saturated heterocycles. The van der Waals surface area contributed by atoms with Gasteiger partial charge in [0.05, 0.1) is 30.1 Å². The maximum Gasteiger partial charge on any atom is 0.325 e. The number of sulfonamides is 1. The summed E-state index contributed by atoms with van der Waals surface area (Å²) in [6.45, 7) is 1.42. The summed E-state index contributed by atoms with van der Waals surface area (Å²) in [7, 11) is -3.40. The van der Waals surface area contributed by atoms with Crippen molar-refractivity contribution < 1.29 is 22.8 Å². The first kappa shape index (κ1) is 21.5. The van der Waals surface area contributed by atoms with Gasteiger partial charge in [0.2, 0.25) is 10.0 Å². The Balaban J connectivity index is 1.54. The Bertz CT molecular complexity index is 1300. The van der Waals surface area contributed by atoms with E-state index in [1.165, 1.54) is 10.4 Å². The number of ketones is 1. The van der Waals surface area contributed by atoms with Crippen molar-refractivity contribution in [2.75, 3.05) is 23.7 Å². The number of nitrogens with one attached hydrogen (secondary N) is 1. The number of nitrogens with zero attached hydrogens (tertiary/aromatic N) is 3. The van der Waals surface area contributed by atoms with Gasteiger partial charge in [-0.25, -0.2) is 13.2 Å². The Hall–Kier alpha value is -3.71. The van der Waals surface area contributed by atoms with Crippen LogP contribution in [0, 0.1) is 11.3 Å². The Morgan fingerprint density at radius 3 is 2.50 bits per heavy atom. The molecule has 164 valence electrons. The molecule has 4 rings (SSSR count). The lowest BCUT2D eigenvalue weighted by molar-refractivity contribution is -0.130. The van der Waals surface area contributed by atoms with Crippen molar-refractivity contribution >= 4 is 33.4 Å². The molecular weight excluding hydrogens is 432 g/mol. The summed E-state index contributed by atoms with van der Waals surface area (Å²) in [6.07, 6.45) is 1.60. The number of fused-ring (bicyclic) bond motifs is 1. The third-order valence-corrected chi connectivity index (χ3v) is 7.00. The third kappa shape index (κ3) is 3.50. The van der Waals surface area contributed by atoms with E-state index in [9.17, 15) is 22.8 Å². The number of amides is 3. The fraction of sp³-hybridized carbons (Fsp3) is 0.273. The van der Waals surface area contributed by atoms with Crippen LogP contribution in [-0.2, 0) is 26.8 Å². The first-order chi connectivity index (χ1) is 15.0. The number of benzene rings is 2. The number of urea groups is 1. The molecule has 2 heterocycles. The summed E-state index contributed by atoms with van der Waals surface area (Å²) in [5.41, 5.74) is 1.13. The summed E-state index contributed by atoms with van der Waals surface area (Å²) in [6, 6.07) is 12.3. The van der Waals surface area contributed by atoms with E-state index >= 15 is 0 Å². The molecule has 3 amide bonds. The van der Waals surface area contributed by atoms with Crippen molar-refractivity contribution in [3.8, 4) is 6.07 Å². The van der Waals surface area contributed by atoms with E-state index in [0.717, 1.165) is 16.7 Å². The van der Waals surface area contributed by atoms with E-state index in [2.05, 4.69) is 5.32 Å². The molecule has 2 aliphatic rings. The summed E-state index contributed by atoms with van der Waals surface area (Å²) >= 11 is 0. The van der Waals surface area contributed by atoms with Gasteiger partial charge >= 0.3 is 6.03 Å². The first-order valence-corrected chi connectivity index (χ1v) is 11.7. The van der Waals surface area contributed by atoms with E-state index in [1.54, 1.807) is 43.3 Å².